The average Bonchev–Trinajstić information content (AvgIpc) is 3.11. The molecule has 0 radical (unpaired) electrons. The summed E-state index contributed by atoms with van der Waals surface area (Å²) in [6.45, 7) is 0.108. The molecule has 0 saturated carbocycles. The Labute approximate surface area is 174 Å². The third-order valence-corrected chi connectivity index (χ3v) is 4.95. The van der Waals surface area contributed by atoms with Gasteiger partial charge in [-0.25, -0.2) is 9.69 Å². The minimum atomic E-state index is -1.30. The maximum atomic E-state index is 13.2. The van der Waals surface area contributed by atoms with Crippen LogP contribution in [0.2, 0.25) is 0 Å². The van der Waals surface area contributed by atoms with E-state index in [9.17, 15) is 14.4 Å². The molecule has 2 heterocycles. The van der Waals surface area contributed by atoms with E-state index in [1.54, 1.807) is 6.08 Å². The molecular formula is C22H25NO7. The minimum Gasteiger partial charge on any atom is -0.479 e. The molecule has 160 valence electrons. The van der Waals surface area contributed by atoms with E-state index in [4.69, 9.17) is 19.3 Å². The van der Waals surface area contributed by atoms with Crippen LogP contribution in [0, 0.1) is 0 Å². The molecule has 2 amide bonds. The van der Waals surface area contributed by atoms with Crippen molar-refractivity contribution in [2.75, 3.05) is 20.3 Å². The molecule has 1 fully saturated rings. The second kappa shape index (κ2) is 10.2. The summed E-state index contributed by atoms with van der Waals surface area (Å²) in [5, 5.41) is 8.91. The van der Waals surface area contributed by atoms with Crippen LogP contribution in [-0.2, 0) is 30.2 Å². The van der Waals surface area contributed by atoms with Crippen LogP contribution >= 0.6 is 0 Å². The lowest BCUT2D eigenvalue weighted by Crippen LogP contribution is -2.53. The van der Waals surface area contributed by atoms with E-state index >= 15 is 0 Å². The molecule has 1 aromatic rings. The van der Waals surface area contributed by atoms with Gasteiger partial charge in [-0.15, -0.1) is 0 Å². The van der Waals surface area contributed by atoms with E-state index in [-0.39, 0.29) is 13.2 Å². The van der Waals surface area contributed by atoms with Gasteiger partial charge in [-0.05, 0) is 43.1 Å². The van der Waals surface area contributed by atoms with Gasteiger partial charge in [0.25, 0.3) is 5.91 Å². The zero-order valence-electron chi connectivity index (χ0n) is 16.7. The largest absolute Gasteiger partial charge is 0.479 e. The lowest BCUT2D eigenvalue weighted by Gasteiger charge is -2.30. The summed E-state index contributed by atoms with van der Waals surface area (Å²) in [5.74, 6) is -0.696. The molecule has 0 aliphatic carbocycles. The van der Waals surface area contributed by atoms with Crippen LogP contribution in [0.5, 0.6) is 0 Å². The molecular weight excluding hydrogens is 390 g/mol. The number of imide groups is 1. The van der Waals surface area contributed by atoms with Gasteiger partial charge in [0.2, 0.25) is 0 Å². The zero-order chi connectivity index (χ0) is 21.5. The van der Waals surface area contributed by atoms with Gasteiger partial charge in [0.05, 0.1) is 6.04 Å². The number of methoxy groups -OCH3 is 1. The first-order valence-corrected chi connectivity index (χ1v) is 9.81. The van der Waals surface area contributed by atoms with Crippen molar-refractivity contribution < 1.29 is 33.7 Å². The molecule has 0 bridgehead atoms. The number of ether oxygens (including phenoxy) is 3. The summed E-state index contributed by atoms with van der Waals surface area (Å²) >= 11 is 0. The van der Waals surface area contributed by atoms with Crippen molar-refractivity contribution >= 4 is 17.8 Å². The Bertz CT molecular complexity index is 833. The first kappa shape index (κ1) is 21.7. The number of rotatable bonds is 8. The molecule has 8 heteroatoms. The quantitative estimate of drug-likeness (QED) is 0.646. The number of allylic oxidation sites excluding steroid dienone is 2. The van der Waals surface area contributed by atoms with E-state index in [1.807, 2.05) is 30.3 Å². The standard InChI is InChI=1S/C22H25NO7/c1-28-20(19-18(25)11-10-17(30-19)9-5-6-12-24)21(26)23-16(14-29-22(23)27)13-15-7-3-2-4-8-15/h2-4,7-11,16,19-20,24H,5-6,12-14H2,1H3. The number of carbonyl (C=O) groups is 3. The van der Waals surface area contributed by atoms with E-state index < -0.39 is 36.0 Å². The molecule has 2 aliphatic heterocycles. The summed E-state index contributed by atoms with van der Waals surface area (Å²) in [5.41, 5.74) is 0.953. The molecule has 1 N–H and O–H groups in total. The topological polar surface area (TPSA) is 102 Å². The fraction of sp³-hybridized carbons (Fsp3) is 0.409. The van der Waals surface area contributed by atoms with Crippen molar-refractivity contribution in [1.29, 1.82) is 0 Å². The molecule has 0 spiro atoms. The van der Waals surface area contributed by atoms with Gasteiger partial charge in [0.1, 0.15) is 12.4 Å². The SMILES string of the molecule is COC(C(=O)N1C(=O)OCC1Cc1ccccc1)C1OC(=CCCCO)C=CC1=O. The molecule has 3 atom stereocenters. The first-order valence-electron chi connectivity index (χ1n) is 9.81. The van der Waals surface area contributed by atoms with E-state index in [0.29, 0.717) is 25.0 Å². The predicted octanol–water partition coefficient (Wildman–Crippen LogP) is 1.77. The minimum absolute atomic E-state index is 0.0366. The highest BCUT2D eigenvalue weighted by atomic mass is 16.6. The zero-order valence-corrected chi connectivity index (χ0v) is 16.7. The Morgan fingerprint density at radius 2 is 2.07 bits per heavy atom. The predicted molar refractivity (Wildman–Crippen MR) is 106 cm³/mol. The van der Waals surface area contributed by atoms with Crippen molar-refractivity contribution in [2.45, 2.75) is 37.5 Å². The summed E-state index contributed by atoms with van der Waals surface area (Å²) in [7, 11) is 1.29. The van der Waals surface area contributed by atoms with E-state index in [2.05, 4.69) is 0 Å². The fourth-order valence-electron chi connectivity index (χ4n) is 3.42. The maximum Gasteiger partial charge on any atom is 0.417 e. The highest BCUT2D eigenvalue weighted by molar-refractivity contribution is 6.03. The van der Waals surface area contributed by atoms with Crippen LogP contribution in [0.4, 0.5) is 4.79 Å². The molecule has 2 aliphatic rings. The van der Waals surface area contributed by atoms with E-state index in [1.165, 1.54) is 19.3 Å². The number of unbranched alkanes of at least 4 members (excludes halogenated alkanes) is 1. The highest BCUT2D eigenvalue weighted by Crippen LogP contribution is 2.24. The van der Waals surface area contributed by atoms with Gasteiger partial charge < -0.3 is 19.3 Å². The van der Waals surface area contributed by atoms with Crippen molar-refractivity contribution in [3.63, 3.8) is 0 Å². The lowest BCUT2D eigenvalue weighted by molar-refractivity contribution is -0.153. The third kappa shape index (κ3) is 4.95. The summed E-state index contributed by atoms with van der Waals surface area (Å²) in [4.78, 5) is 38.9. The van der Waals surface area contributed by atoms with Crippen molar-refractivity contribution in [2.24, 2.45) is 0 Å². The second-order valence-corrected chi connectivity index (χ2v) is 7.03. The van der Waals surface area contributed by atoms with Crippen molar-refractivity contribution in [3.8, 4) is 0 Å². The van der Waals surface area contributed by atoms with Crippen LogP contribution in [0.25, 0.3) is 0 Å². The smallest absolute Gasteiger partial charge is 0.417 e. The Morgan fingerprint density at radius 1 is 1.30 bits per heavy atom. The Morgan fingerprint density at radius 3 is 2.77 bits per heavy atom. The van der Waals surface area contributed by atoms with Crippen LogP contribution in [0.1, 0.15) is 18.4 Å². The number of aliphatic hydroxyl groups is 1. The number of benzene rings is 1. The van der Waals surface area contributed by atoms with Crippen LogP contribution < -0.4 is 0 Å². The Kier molecular flexibility index (Phi) is 7.37. The molecule has 30 heavy (non-hydrogen) atoms. The van der Waals surface area contributed by atoms with Crippen molar-refractivity contribution in [1.82, 2.24) is 4.90 Å². The molecule has 1 aromatic carbocycles. The number of ketones is 1. The van der Waals surface area contributed by atoms with Crippen LogP contribution in [0.15, 0.2) is 54.3 Å². The number of amides is 2. The Balaban J connectivity index is 1.76. The van der Waals surface area contributed by atoms with Gasteiger partial charge >= 0.3 is 6.09 Å². The summed E-state index contributed by atoms with van der Waals surface area (Å²) < 4.78 is 16.1. The normalized spacial score (nSPS) is 23.4. The number of aliphatic hydroxyl groups excluding tert-OH is 1. The van der Waals surface area contributed by atoms with Crippen LogP contribution in [0.3, 0.4) is 0 Å². The molecule has 0 aromatic heterocycles. The van der Waals surface area contributed by atoms with E-state index in [0.717, 1.165) is 10.5 Å². The Hall–Kier alpha value is -2.97. The number of nitrogens with zero attached hydrogens (tertiary/aromatic N) is 1. The summed E-state index contributed by atoms with van der Waals surface area (Å²) in [6.07, 6.45) is 2.82. The van der Waals surface area contributed by atoms with Gasteiger partial charge in [-0.2, -0.15) is 0 Å². The monoisotopic (exact) mass is 415 g/mol. The fourth-order valence-corrected chi connectivity index (χ4v) is 3.42. The highest BCUT2D eigenvalue weighted by Gasteiger charge is 2.46. The number of hydrogen-bond donors (Lipinski definition) is 1. The van der Waals surface area contributed by atoms with Gasteiger partial charge in [0, 0.05) is 13.7 Å². The number of hydrogen-bond acceptors (Lipinski definition) is 7. The van der Waals surface area contributed by atoms with Crippen molar-refractivity contribution in [3.05, 3.63) is 59.9 Å². The number of carbonyl (C=O) groups excluding carboxylic acids is 3. The lowest BCUT2D eigenvalue weighted by atomic mass is 10.0. The third-order valence-electron chi connectivity index (χ3n) is 4.95. The van der Waals surface area contributed by atoms with Crippen LogP contribution in [-0.4, -0.2) is 66.4 Å². The summed E-state index contributed by atoms with van der Waals surface area (Å²) in [6, 6.07) is 8.95. The second-order valence-electron chi connectivity index (χ2n) is 7.03. The molecule has 3 unspecified atom stereocenters. The molecule has 1 saturated heterocycles. The van der Waals surface area contributed by atoms with Gasteiger partial charge in [0.15, 0.2) is 18.0 Å². The maximum absolute atomic E-state index is 13.2. The number of cyclic esters (lactones) is 1. The van der Waals surface area contributed by atoms with Gasteiger partial charge in [-0.1, -0.05) is 30.3 Å². The van der Waals surface area contributed by atoms with Gasteiger partial charge in [-0.3, -0.25) is 9.59 Å². The average molecular weight is 415 g/mol. The molecule has 8 nitrogen and oxygen atoms in total. The molecule has 3 rings (SSSR count). The first-order chi connectivity index (χ1) is 14.5.